The number of carbonyl (C=O) groups excluding carboxylic acids is 2. The largest absolute Gasteiger partial charge is 0.391 e. The molecule has 7 heteroatoms. The number of aliphatic hydroxyl groups excluding tert-OH is 1. The minimum absolute atomic E-state index is 0.0393. The summed E-state index contributed by atoms with van der Waals surface area (Å²) in [5.74, 6) is 2.96. The van der Waals surface area contributed by atoms with Gasteiger partial charge in [-0.25, -0.2) is 0 Å². The van der Waals surface area contributed by atoms with E-state index in [-0.39, 0.29) is 35.4 Å². The number of hydrogen-bond donors (Lipinski definition) is 1. The van der Waals surface area contributed by atoms with Crippen molar-refractivity contribution in [3.8, 4) is 0 Å². The minimum Gasteiger partial charge on any atom is -0.391 e. The summed E-state index contributed by atoms with van der Waals surface area (Å²) in [6.45, 7) is 8.66. The van der Waals surface area contributed by atoms with Crippen molar-refractivity contribution in [2.24, 2.45) is 34.5 Å². The van der Waals surface area contributed by atoms with Crippen molar-refractivity contribution in [2.45, 2.75) is 102 Å². The molecule has 0 aromatic heterocycles. The van der Waals surface area contributed by atoms with Crippen molar-refractivity contribution < 1.29 is 19.4 Å². The Balaban J connectivity index is 0.920. The molecule has 4 aliphatic carbocycles. The molecule has 8 rings (SSSR count). The molecule has 6 aliphatic rings. The highest BCUT2D eigenvalue weighted by Gasteiger charge is 2.61. The van der Waals surface area contributed by atoms with Crippen LogP contribution in [0.15, 0.2) is 42.5 Å². The fraction of sp³-hybridized carbons (Fsp3) is 0.700. The number of likely N-dealkylation sites (tertiary alicyclic amines) is 1. The first-order chi connectivity index (χ1) is 22.7. The number of amides is 2. The second kappa shape index (κ2) is 12.1. The number of methoxy groups -OCH3 is 1. The van der Waals surface area contributed by atoms with E-state index in [0.717, 1.165) is 67.3 Å². The number of rotatable bonds is 4. The second-order valence-electron chi connectivity index (χ2n) is 16.7. The van der Waals surface area contributed by atoms with E-state index in [1.807, 2.05) is 53.3 Å². The number of fused-ring (bicyclic) bond motifs is 6. The van der Waals surface area contributed by atoms with Gasteiger partial charge in [-0.1, -0.05) is 44.2 Å². The molecule has 4 saturated carbocycles. The third-order valence-corrected chi connectivity index (χ3v) is 14.8. The van der Waals surface area contributed by atoms with Gasteiger partial charge in [-0.15, -0.1) is 0 Å². The summed E-state index contributed by atoms with van der Waals surface area (Å²) in [5, 5.41) is 13.7. The highest BCUT2D eigenvalue weighted by Crippen LogP contribution is 2.66. The summed E-state index contributed by atoms with van der Waals surface area (Å²) in [6, 6.07) is 13.7. The standard InChI is InChI=1S/C40H55N3O4/c1-39-17-16-32-30(31(39)14-15-36(39)47-3)13-12-29-24-35(44)34(25-40(29,32)2)41-19-21-42(22-20-41)38(46)33-9-6-18-43(33)37(45)28-11-10-26-7-4-5-8-27(26)23-28/h4-5,7-8,10-11,23,29-36,44H,6,9,12-22,24-25H2,1-3H3/t29?,30-,31-,32-,33-,34-,35-,36-,39-,40-/m0/s1. The summed E-state index contributed by atoms with van der Waals surface area (Å²) in [4.78, 5) is 33.9. The van der Waals surface area contributed by atoms with Gasteiger partial charge in [0.25, 0.3) is 5.91 Å². The van der Waals surface area contributed by atoms with Gasteiger partial charge in [0.15, 0.2) is 0 Å². The van der Waals surface area contributed by atoms with Crippen molar-refractivity contribution in [1.29, 1.82) is 0 Å². The van der Waals surface area contributed by atoms with Crippen LogP contribution in [0.5, 0.6) is 0 Å². The number of nitrogens with zero attached hydrogens (tertiary/aromatic N) is 3. The van der Waals surface area contributed by atoms with Crippen LogP contribution in [-0.2, 0) is 9.53 Å². The molecule has 2 amide bonds. The van der Waals surface area contributed by atoms with E-state index < -0.39 is 0 Å². The number of ether oxygens (including phenoxy) is 1. The Morgan fingerprint density at radius 2 is 1.62 bits per heavy atom. The molecular formula is C40H55N3O4. The van der Waals surface area contributed by atoms with Gasteiger partial charge in [-0.3, -0.25) is 14.5 Å². The quantitative estimate of drug-likeness (QED) is 0.445. The average Bonchev–Trinajstić information content (AvgIpc) is 3.72. The summed E-state index contributed by atoms with van der Waals surface area (Å²) >= 11 is 0. The molecule has 0 radical (unpaired) electrons. The topological polar surface area (TPSA) is 73.3 Å². The molecular weight excluding hydrogens is 586 g/mol. The molecule has 0 bridgehead atoms. The lowest BCUT2D eigenvalue weighted by atomic mass is 9.44. The fourth-order valence-corrected chi connectivity index (χ4v) is 12.2. The molecule has 2 heterocycles. The van der Waals surface area contributed by atoms with E-state index in [2.05, 4.69) is 24.8 Å². The molecule has 47 heavy (non-hydrogen) atoms. The Morgan fingerprint density at radius 1 is 0.851 bits per heavy atom. The zero-order valence-electron chi connectivity index (χ0n) is 28.8. The van der Waals surface area contributed by atoms with Gasteiger partial charge < -0.3 is 19.6 Å². The van der Waals surface area contributed by atoms with E-state index in [1.165, 1.54) is 38.5 Å². The van der Waals surface area contributed by atoms with Crippen LogP contribution in [0.3, 0.4) is 0 Å². The first-order valence-corrected chi connectivity index (χ1v) is 18.7. The minimum atomic E-state index is -0.384. The molecule has 0 spiro atoms. The molecule has 2 saturated heterocycles. The predicted octanol–water partition coefficient (Wildman–Crippen LogP) is 5.99. The summed E-state index contributed by atoms with van der Waals surface area (Å²) in [5.41, 5.74) is 1.25. The molecule has 2 aromatic carbocycles. The number of aliphatic hydroxyl groups is 1. The number of hydrogen-bond acceptors (Lipinski definition) is 5. The molecule has 7 nitrogen and oxygen atoms in total. The Bertz CT molecular complexity index is 1510. The first kappa shape index (κ1) is 31.8. The summed E-state index contributed by atoms with van der Waals surface area (Å²) < 4.78 is 6.03. The third kappa shape index (κ3) is 5.17. The van der Waals surface area contributed by atoms with E-state index in [4.69, 9.17) is 4.74 Å². The van der Waals surface area contributed by atoms with Crippen molar-refractivity contribution in [3.05, 3.63) is 48.0 Å². The van der Waals surface area contributed by atoms with Crippen LogP contribution >= 0.6 is 0 Å². The zero-order valence-corrected chi connectivity index (χ0v) is 28.8. The Kier molecular flexibility index (Phi) is 8.20. The van der Waals surface area contributed by atoms with Crippen LogP contribution in [0, 0.1) is 34.5 Å². The molecule has 10 atom stereocenters. The molecule has 1 N–H and O–H groups in total. The van der Waals surface area contributed by atoms with Gasteiger partial charge in [-0.2, -0.15) is 0 Å². The van der Waals surface area contributed by atoms with Crippen molar-refractivity contribution >= 4 is 22.6 Å². The second-order valence-corrected chi connectivity index (χ2v) is 16.7. The normalized spacial score (nSPS) is 40.6. The van der Waals surface area contributed by atoms with Crippen molar-refractivity contribution in [2.75, 3.05) is 39.8 Å². The van der Waals surface area contributed by atoms with Crippen molar-refractivity contribution in [1.82, 2.24) is 14.7 Å². The van der Waals surface area contributed by atoms with Gasteiger partial charge in [-0.05, 0) is 122 Å². The maximum atomic E-state index is 13.9. The highest BCUT2D eigenvalue weighted by atomic mass is 16.5. The van der Waals surface area contributed by atoms with Crippen LogP contribution in [0.2, 0.25) is 0 Å². The lowest BCUT2D eigenvalue weighted by molar-refractivity contribution is -0.159. The van der Waals surface area contributed by atoms with Gasteiger partial charge in [0.2, 0.25) is 5.91 Å². The third-order valence-electron chi connectivity index (χ3n) is 14.8. The summed E-state index contributed by atoms with van der Waals surface area (Å²) in [7, 11) is 1.92. The molecule has 1 unspecified atom stereocenters. The Labute approximate surface area is 281 Å². The lowest BCUT2D eigenvalue weighted by Gasteiger charge is -2.62. The molecule has 2 aromatic rings. The maximum Gasteiger partial charge on any atom is 0.254 e. The number of carbonyl (C=O) groups is 2. The molecule has 2 aliphatic heterocycles. The Morgan fingerprint density at radius 3 is 2.40 bits per heavy atom. The zero-order chi connectivity index (χ0) is 32.5. The van der Waals surface area contributed by atoms with E-state index in [1.54, 1.807) is 0 Å². The van der Waals surface area contributed by atoms with E-state index in [0.29, 0.717) is 42.6 Å². The van der Waals surface area contributed by atoms with Crippen LogP contribution in [0.4, 0.5) is 0 Å². The first-order valence-electron chi connectivity index (χ1n) is 18.7. The van der Waals surface area contributed by atoms with Gasteiger partial charge in [0.1, 0.15) is 6.04 Å². The van der Waals surface area contributed by atoms with E-state index in [9.17, 15) is 14.7 Å². The van der Waals surface area contributed by atoms with Crippen molar-refractivity contribution in [3.63, 3.8) is 0 Å². The average molecular weight is 642 g/mol. The number of piperazine rings is 1. The van der Waals surface area contributed by atoms with Gasteiger partial charge in [0, 0.05) is 51.4 Å². The predicted molar refractivity (Wildman–Crippen MR) is 184 cm³/mol. The fourth-order valence-electron chi connectivity index (χ4n) is 12.2. The SMILES string of the molecule is CO[C@H]1CC[C@H]2[C@@H]3CCC4C[C@H](O)[C@@H](N5CCN(C(=O)[C@@H]6CCCN6C(=O)c6ccc7ccccc7c6)CC5)C[C@]4(C)[C@H]3CC[C@]12C. The van der Waals surface area contributed by atoms with E-state index >= 15 is 0 Å². The van der Waals surface area contributed by atoms with Crippen LogP contribution in [-0.4, -0.2) is 95.7 Å². The monoisotopic (exact) mass is 641 g/mol. The highest BCUT2D eigenvalue weighted by molar-refractivity contribution is 6.01. The van der Waals surface area contributed by atoms with Crippen LogP contribution in [0.1, 0.15) is 88.4 Å². The smallest absolute Gasteiger partial charge is 0.254 e. The maximum absolute atomic E-state index is 13.9. The van der Waals surface area contributed by atoms with Gasteiger partial charge >= 0.3 is 0 Å². The number of benzene rings is 2. The van der Waals surface area contributed by atoms with Crippen LogP contribution in [0.25, 0.3) is 10.8 Å². The van der Waals surface area contributed by atoms with Gasteiger partial charge in [0.05, 0.1) is 12.2 Å². The Hall–Kier alpha value is -2.48. The summed E-state index contributed by atoms with van der Waals surface area (Å²) in [6.07, 6.45) is 11.4. The lowest BCUT2D eigenvalue weighted by Crippen LogP contribution is -2.63. The van der Waals surface area contributed by atoms with Crippen LogP contribution < -0.4 is 0 Å². The molecule has 6 fully saturated rings. The molecule has 254 valence electrons.